The number of hydrogen-bond donors (Lipinski definition) is 0. The van der Waals surface area contributed by atoms with E-state index in [9.17, 15) is 0 Å². The van der Waals surface area contributed by atoms with E-state index in [1.807, 2.05) is 0 Å². The summed E-state index contributed by atoms with van der Waals surface area (Å²) in [6.07, 6.45) is 5.13. The van der Waals surface area contributed by atoms with Crippen molar-refractivity contribution in [3.8, 4) is 0 Å². The minimum Gasteiger partial charge on any atom is -0.412 e. The molecule has 0 bridgehead atoms. The Morgan fingerprint density at radius 1 is 1.15 bits per heavy atom. The molecule has 1 atom stereocenters. The van der Waals surface area contributed by atoms with Crippen molar-refractivity contribution < 1.29 is 5.48 Å². The minimum atomic E-state index is 0. The number of hydrogen-bond acceptors (Lipinski definition) is 2. The van der Waals surface area contributed by atoms with Crippen molar-refractivity contribution >= 4 is 17.9 Å². The van der Waals surface area contributed by atoms with Crippen LogP contribution in [-0.4, -0.2) is 23.2 Å². The van der Waals surface area contributed by atoms with Crippen LogP contribution < -0.4 is 0 Å². The quantitative estimate of drug-likeness (QED) is 0.585. The lowest BCUT2D eigenvalue weighted by molar-refractivity contribution is 0.437. The summed E-state index contributed by atoms with van der Waals surface area (Å²) in [6.45, 7) is 6.85. The average Bonchev–Trinajstić information content (AvgIpc) is 2.10. The molecule has 0 fully saturated rings. The zero-order valence-electron chi connectivity index (χ0n) is 8.64. The van der Waals surface area contributed by atoms with E-state index in [0.717, 1.165) is 0 Å². The highest BCUT2D eigenvalue weighted by Gasteiger charge is 2.01. The van der Waals surface area contributed by atoms with Gasteiger partial charge in [0.2, 0.25) is 0 Å². The molecule has 80 valence electrons. The third-order valence-electron chi connectivity index (χ3n) is 1.75. The topological polar surface area (TPSA) is 47.1 Å². The highest BCUT2D eigenvalue weighted by molar-refractivity contribution is 7.38. The lowest BCUT2D eigenvalue weighted by Gasteiger charge is -2.17. The van der Waals surface area contributed by atoms with Gasteiger partial charge < -0.3 is 5.48 Å². The van der Waals surface area contributed by atoms with Gasteiger partial charge in [-0.25, -0.2) is 4.52 Å². The molecule has 2 N–H and O–H groups in total. The molecule has 0 saturated carbocycles. The zero-order valence-corrected chi connectivity index (χ0v) is 10.6. The molecule has 0 aliphatic carbocycles. The van der Waals surface area contributed by atoms with Crippen molar-refractivity contribution in [1.29, 1.82) is 0 Å². The summed E-state index contributed by atoms with van der Waals surface area (Å²) in [6, 6.07) is 0. The summed E-state index contributed by atoms with van der Waals surface area (Å²) < 4.78 is 6.42. The molecule has 1 unspecified atom stereocenters. The Labute approximate surface area is 85.8 Å². The van der Waals surface area contributed by atoms with Gasteiger partial charge in [-0.05, 0) is 21.9 Å². The van der Waals surface area contributed by atoms with Crippen LogP contribution in [0.5, 0.6) is 0 Å². The highest BCUT2D eigenvalue weighted by Crippen LogP contribution is 2.21. The molecule has 0 aliphatic heterocycles. The summed E-state index contributed by atoms with van der Waals surface area (Å²) in [5.41, 5.74) is 0. The van der Waals surface area contributed by atoms with Gasteiger partial charge in [0.1, 0.15) is 0 Å². The second kappa shape index (κ2) is 12.4. The molecule has 0 rings (SSSR count). The normalized spacial score (nSPS) is 10.7. The van der Waals surface area contributed by atoms with Crippen molar-refractivity contribution in [3.05, 3.63) is 0 Å². The molecule has 0 radical (unpaired) electrons. The van der Waals surface area contributed by atoms with Crippen LogP contribution in [0, 0.1) is 0 Å². The number of nitrogens with zero attached hydrogens (tertiary/aromatic N) is 2. The molecule has 0 saturated heterocycles. The Morgan fingerprint density at radius 3 is 1.92 bits per heavy atom. The molecule has 0 spiro atoms. The van der Waals surface area contributed by atoms with E-state index in [1.165, 1.54) is 38.8 Å². The fraction of sp³-hybridized carbons (Fsp3) is 1.00. The van der Waals surface area contributed by atoms with Gasteiger partial charge in [0.25, 0.3) is 0 Å². The molecule has 0 aromatic carbocycles. The van der Waals surface area contributed by atoms with Gasteiger partial charge in [-0.2, -0.15) is 0 Å². The van der Waals surface area contributed by atoms with Crippen molar-refractivity contribution in [3.63, 3.8) is 0 Å². The maximum Gasteiger partial charge on any atom is 0.0791 e. The van der Waals surface area contributed by atoms with E-state index < -0.39 is 0 Å². The summed E-state index contributed by atoms with van der Waals surface area (Å²) in [5.74, 6) is 0. The summed E-state index contributed by atoms with van der Waals surface area (Å²) in [7, 11) is 3.77. The van der Waals surface area contributed by atoms with Gasteiger partial charge in [0.15, 0.2) is 0 Å². The fourth-order valence-corrected chi connectivity index (χ4v) is 2.06. The fourth-order valence-electron chi connectivity index (χ4n) is 0.980. The molecule has 0 amide bonds. The second-order valence-electron chi connectivity index (χ2n) is 2.91. The molecular weight excluding hydrogens is 202 g/mol. The van der Waals surface area contributed by atoms with Crippen molar-refractivity contribution in [2.75, 3.05) is 13.1 Å². The van der Waals surface area contributed by atoms with Crippen LogP contribution in [0.1, 0.15) is 39.5 Å². The molecule has 0 aromatic heterocycles. The monoisotopic (exact) mass is 224 g/mol. The van der Waals surface area contributed by atoms with Gasteiger partial charge in [0.05, 0.1) is 8.88 Å². The smallest absolute Gasteiger partial charge is 0.0791 e. The standard InChI is InChI=1S/C8H20N2P2.H2O/c1-3-5-7-10(12-9-11)8-6-4-2;/h11-12H,3-8H2,1-2H3;1H2. The first-order valence-electron chi connectivity index (χ1n) is 4.72. The van der Waals surface area contributed by atoms with E-state index in [-0.39, 0.29) is 5.48 Å². The maximum atomic E-state index is 4.00. The second-order valence-corrected chi connectivity index (χ2v) is 4.63. The average molecular weight is 224 g/mol. The third-order valence-corrected chi connectivity index (χ3v) is 2.88. The number of rotatable bonds is 8. The van der Waals surface area contributed by atoms with Gasteiger partial charge in [-0.1, -0.05) is 26.7 Å². The van der Waals surface area contributed by atoms with Gasteiger partial charge in [0, 0.05) is 13.1 Å². The molecule has 5 heteroatoms. The first-order valence-corrected chi connectivity index (χ1v) is 6.06. The van der Waals surface area contributed by atoms with E-state index in [2.05, 4.69) is 32.1 Å². The summed E-state index contributed by atoms with van der Waals surface area (Å²) in [4.78, 5) is 0. The molecular formula is C8H22N2OP2. The predicted octanol–water partition coefficient (Wildman–Crippen LogP) is 2.90. The third kappa shape index (κ3) is 10.4. The Morgan fingerprint density at radius 2 is 1.62 bits per heavy atom. The van der Waals surface area contributed by atoms with E-state index in [0.29, 0.717) is 8.88 Å². The lowest BCUT2D eigenvalue weighted by atomic mass is 10.3. The van der Waals surface area contributed by atoms with Crippen molar-refractivity contribution in [1.82, 2.24) is 4.67 Å². The minimum absolute atomic E-state index is 0. The van der Waals surface area contributed by atoms with Gasteiger partial charge in [-0.15, -0.1) is 0 Å². The zero-order chi connectivity index (χ0) is 9.23. The lowest BCUT2D eigenvalue weighted by Crippen LogP contribution is -2.15. The van der Waals surface area contributed by atoms with Crippen molar-refractivity contribution in [2.45, 2.75) is 39.5 Å². The van der Waals surface area contributed by atoms with Gasteiger partial charge >= 0.3 is 0 Å². The Hall–Kier alpha value is 0.450. The maximum absolute atomic E-state index is 4.00. The van der Waals surface area contributed by atoms with Crippen LogP contribution in [-0.2, 0) is 0 Å². The first-order chi connectivity index (χ1) is 5.85. The largest absolute Gasteiger partial charge is 0.412 e. The summed E-state index contributed by atoms with van der Waals surface area (Å²) in [5, 5.41) is 0. The Balaban J connectivity index is 0. The highest BCUT2D eigenvalue weighted by atomic mass is 31.1. The summed E-state index contributed by atoms with van der Waals surface area (Å²) >= 11 is 0. The van der Waals surface area contributed by atoms with Crippen LogP contribution in [0.3, 0.4) is 0 Å². The van der Waals surface area contributed by atoms with E-state index >= 15 is 0 Å². The Bertz CT molecular complexity index is 106. The van der Waals surface area contributed by atoms with E-state index in [1.54, 1.807) is 0 Å². The SMILES string of the molecule is CCCCN(CCCC)PN=P.O. The van der Waals surface area contributed by atoms with Crippen LogP contribution in [0.15, 0.2) is 4.52 Å². The van der Waals surface area contributed by atoms with Crippen LogP contribution in [0.25, 0.3) is 0 Å². The van der Waals surface area contributed by atoms with E-state index in [4.69, 9.17) is 0 Å². The van der Waals surface area contributed by atoms with Crippen molar-refractivity contribution in [2.24, 2.45) is 4.52 Å². The Kier molecular flexibility index (Phi) is 15.2. The molecule has 0 aromatic rings. The molecule has 13 heavy (non-hydrogen) atoms. The molecule has 0 aliphatic rings. The predicted molar refractivity (Wildman–Crippen MR) is 64.1 cm³/mol. The van der Waals surface area contributed by atoms with Gasteiger partial charge in [-0.3, -0.25) is 4.67 Å². The van der Waals surface area contributed by atoms with Crippen LogP contribution in [0.2, 0.25) is 0 Å². The molecule has 3 nitrogen and oxygen atoms in total. The first kappa shape index (κ1) is 15.9. The number of unbranched alkanes of at least 4 members (excludes halogenated alkanes) is 2. The van der Waals surface area contributed by atoms with Crippen LogP contribution >= 0.6 is 17.9 Å². The molecule has 0 heterocycles. The van der Waals surface area contributed by atoms with Crippen LogP contribution in [0.4, 0.5) is 0 Å².